The van der Waals surface area contributed by atoms with E-state index in [9.17, 15) is 0 Å². The van der Waals surface area contributed by atoms with Gasteiger partial charge in [-0.05, 0) is 49.1 Å². The Morgan fingerprint density at radius 3 is 2.64 bits per heavy atom. The molecule has 0 aromatic carbocycles. The Balaban J connectivity index is 1.88. The molecule has 1 N–H and O–H groups in total. The van der Waals surface area contributed by atoms with Crippen LogP contribution in [0, 0.1) is 5.41 Å². The van der Waals surface area contributed by atoms with Crippen molar-refractivity contribution in [3.8, 4) is 0 Å². The normalized spacial score (nSPS) is 18.4. The average Bonchev–Trinajstić information content (AvgIpc) is 2.93. The van der Waals surface area contributed by atoms with Crippen molar-refractivity contribution >= 4 is 11.8 Å². The van der Waals surface area contributed by atoms with E-state index in [4.69, 9.17) is 0 Å². The molecule has 0 aromatic heterocycles. The van der Waals surface area contributed by atoms with Gasteiger partial charge in [0.15, 0.2) is 0 Å². The molecular formula is C12H25NS. The number of hydrogen-bond donors (Lipinski definition) is 1. The number of nitrogens with one attached hydrogen (secondary N) is 1. The van der Waals surface area contributed by atoms with Gasteiger partial charge in [-0.2, -0.15) is 11.8 Å². The highest BCUT2D eigenvalue weighted by Gasteiger charge is 2.40. The summed E-state index contributed by atoms with van der Waals surface area (Å²) in [7, 11) is 0. The summed E-state index contributed by atoms with van der Waals surface area (Å²) in [4.78, 5) is 0. The van der Waals surface area contributed by atoms with Gasteiger partial charge >= 0.3 is 0 Å². The van der Waals surface area contributed by atoms with Crippen LogP contribution in [-0.2, 0) is 0 Å². The lowest BCUT2D eigenvalue weighted by atomic mass is 10.0. The van der Waals surface area contributed by atoms with Crippen molar-refractivity contribution in [3.05, 3.63) is 0 Å². The van der Waals surface area contributed by atoms with Gasteiger partial charge in [-0.25, -0.2) is 0 Å². The molecule has 1 nitrogen and oxygen atoms in total. The zero-order chi connectivity index (χ0) is 10.3. The first-order chi connectivity index (χ1) is 6.83. The van der Waals surface area contributed by atoms with Gasteiger partial charge in [0.05, 0.1) is 0 Å². The smallest absolute Gasteiger partial charge is 0.000782 e. The van der Waals surface area contributed by atoms with E-state index in [-0.39, 0.29) is 0 Å². The molecule has 0 bridgehead atoms. The summed E-state index contributed by atoms with van der Waals surface area (Å²) in [6.45, 7) is 7.03. The molecule has 1 rings (SSSR count). The maximum absolute atomic E-state index is 3.62. The van der Waals surface area contributed by atoms with Crippen LogP contribution in [0.5, 0.6) is 0 Å². The van der Waals surface area contributed by atoms with Crippen LogP contribution in [0.1, 0.15) is 46.0 Å². The molecule has 0 heterocycles. The lowest BCUT2D eigenvalue weighted by Crippen LogP contribution is -2.25. The molecule has 84 valence electrons. The maximum Gasteiger partial charge on any atom is 0.000782 e. The number of thioether (sulfide) groups is 1. The Morgan fingerprint density at radius 2 is 2.07 bits per heavy atom. The van der Waals surface area contributed by atoms with E-state index in [0.29, 0.717) is 0 Å². The lowest BCUT2D eigenvalue weighted by molar-refractivity contribution is 0.422. The number of hydrogen-bond acceptors (Lipinski definition) is 2. The topological polar surface area (TPSA) is 12.0 Å². The van der Waals surface area contributed by atoms with E-state index in [2.05, 4.69) is 30.9 Å². The second-order valence-electron chi connectivity index (χ2n) is 4.48. The standard InChI is InChI=1S/C12H25NS/c1-3-6-12(7-8-12)11-13-9-5-10-14-4-2/h13H,3-11H2,1-2H3. The summed E-state index contributed by atoms with van der Waals surface area (Å²) in [5.74, 6) is 2.59. The summed E-state index contributed by atoms with van der Waals surface area (Å²) in [5, 5.41) is 3.62. The van der Waals surface area contributed by atoms with E-state index in [1.165, 1.54) is 56.7 Å². The fourth-order valence-corrected chi connectivity index (χ4v) is 2.66. The predicted octanol–water partition coefficient (Wildman–Crippen LogP) is 3.30. The van der Waals surface area contributed by atoms with Crippen LogP contribution in [0.2, 0.25) is 0 Å². The zero-order valence-electron chi connectivity index (χ0n) is 9.77. The van der Waals surface area contributed by atoms with Gasteiger partial charge in [-0.15, -0.1) is 0 Å². The van der Waals surface area contributed by atoms with Gasteiger partial charge in [0.2, 0.25) is 0 Å². The Hall–Kier alpha value is 0.310. The van der Waals surface area contributed by atoms with Crippen molar-refractivity contribution in [2.45, 2.75) is 46.0 Å². The van der Waals surface area contributed by atoms with Crippen molar-refractivity contribution in [2.24, 2.45) is 5.41 Å². The molecule has 2 heteroatoms. The van der Waals surface area contributed by atoms with E-state index < -0.39 is 0 Å². The predicted molar refractivity (Wildman–Crippen MR) is 67.1 cm³/mol. The van der Waals surface area contributed by atoms with E-state index in [1.54, 1.807) is 0 Å². The lowest BCUT2D eigenvalue weighted by Gasteiger charge is -2.14. The quantitative estimate of drug-likeness (QED) is 0.592. The van der Waals surface area contributed by atoms with Gasteiger partial charge in [-0.1, -0.05) is 20.3 Å². The molecule has 0 radical (unpaired) electrons. The summed E-state index contributed by atoms with van der Waals surface area (Å²) in [6, 6.07) is 0. The second kappa shape index (κ2) is 6.73. The Kier molecular flexibility index (Phi) is 5.95. The van der Waals surface area contributed by atoms with Gasteiger partial charge in [-0.3, -0.25) is 0 Å². The highest BCUT2D eigenvalue weighted by atomic mass is 32.2. The first-order valence-electron chi connectivity index (χ1n) is 6.11. The molecular weight excluding hydrogens is 190 g/mol. The molecule has 1 saturated carbocycles. The molecule has 14 heavy (non-hydrogen) atoms. The minimum absolute atomic E-state index is 0.729. The SMILES string of the molecule is CCCC1(CNCCCSCC)CC1. The van der Waals surface area contributed by atoms with Gasteiger partial charge in [0.25, 0.3) is 0 Å². The van der Waals surface area contributed by atoms with Crippen molar-refractivity contribution in [2.75, 3.05) is 24.6 Å². The van der Waals surface area contributed by atoms with Gasteiger partial charge in [0, 0.05) is 6.54 Å². The van der Waals surface area contributed by atoms with Gasteiger partial charge in [0.1, 0.15) is 0 Å². The Morgan fingerprint density at radius 1 is 1.29 bits per heavy atom. The molecule has 0 saturated heterocycles. The largest absolute Gasteiger partial charge is 0.316 e. The Labute approximate surface area is 93.4 Å². The zero-order valence-corrected chi connectivity index (χ0v) is 10.6. The van der Waals surface area contributed by atoms with Crippen LogP contribution in [0.25, 0.3) is 0 Å². The molecule has 0 atom stereocenters. The summed E-state index contributed by atoms with van der Waals surface area (Å²) >= 11 is 2.05. The third-order valence-corrected chi connectivity index (χ3v) is 4.07. The van der Waals surface area contributed by atoms with Gasteiger partial charge < -0.3 is 5.32 Å². The van der Waals surface area contributed by atoms with Crippen LogP contribution in [0.4, 0.5) is 0 Å². The first-order valence-corrected chi connectivity index (χ1v) is 7.27. The van der Waals surface area contributed by atoms with E-state index >= 15 is 0 Å². The third-order valence-electron chi connectivity index (χ3n) is 3.08. The van der Waals surface area contributed by atoms with E-state index in [1.807, 2.05) is 0 Å². The van der Waals surface area contributed by atoms with Crippen molar-refractivity contribution < 1.29 is 0 Å². The fraction of sp³-hybridized carbons (Fsp3) is 1.00. The molecule has 0 aliphatic heterocycles. The maximum atomic E-state index is 3.62. The van der Waals surface area contributed by atoms with E-state index in [0.717, 1.165) is 5.41 Å². The van der Waals surface area contributed by atoms with Crippen LogP contribution in [-0.4, -0.2) is 24.6 Å². The molecule has 1 aliphatic carbocycles. The molecule has 0 spiro atoms. The fourth-order valence-electron chi connectivity index (χ4n) is 2.02. The van der Waals surface area contributed by atoms with Crippen molar-refractivity contribution in [1.82, 2.24) is 5.32 Å². The molecule has 1 fully saturated rings. The summed E-state index contributed by atoms with van der Waals surface area (Å²) < 4.78 is 0. The summed E-state index contributed by atoms with van der Waals surface area (Å²) in [5.41, 5.74) is 0.729. The minimum Gasteiger partial charge on any atom is -0.316 e. The van der Waals surface area contributed by atoms with Crippen molar-refractivity contribution in [1.29, 1.82) is 0 Å². The Bertz CT molecular complexity index is 143. The molecule has 0 amide bonds. The average molecular weight is 215 g/mol. The second-order valence-corrected chi connectivity index (χ2v) is 5.87. The van der Waals surface area contributed by atoms with Crippen LogP contribution in [0.3, 0.4) is 0 Å². The number of rotatable bonds is 9. The molecule has 0 aromatic rings. The van der Waals surface area contributed by atoms with Crippen LogP contribution in [0.15, 0.2) is 0 Å². The third kappa shape index (κ3) is 4.70. The minimum atomic E-state index is 0.729. The van der Waals surface area contributed by atoms with Crippen LogP contribution >= 0.6 is 11.8 Å². The highest BCUT2D eigenvalue weighted by Crippen LogP contribution is 2.48. The molecule has 0 unspecified atom stereocenters. The highest BCUT2D eigenvalue weighted by molar-refractivity contribution is 7.99. The van der Waals surface area contributed by atoms with Crippen LogP contribution < -0.4 is 5.32 Å². The molecule has 1 aliphatic rings. The summed E-state index contributed by atoms with van der Waals surface area (Å²) in [6.07, 6.45) is 7.06. The monoisotopic (exact) mass is 215 g/mol. The first kappa shape index (κ1) is 12.4. The van der Waals surface area contributed by atoms with Crippen molar-refractivity contribution in [3.63, 3.8) is 0 Å².